The van der Waals surface area contributed by atoms with Crippen molar-refractivity contribution in [2.75, 3.05) is 7.05 Å². The molecular formula is C12H18N2O3S. The molecule has 18 heavy (non-hydrogen) atoms. The first-order chi connectivity index (χ1) is 8.18. The average molecular weight is 270 g/mol. The van der Waals surface area contributed by atoms with Crippen molar-refractivity contribution in [3.63, 3.8) is 0 Å². The molecule has 0 heterocycles. The normalized spacial score (nSPS) is 13.7. The minimum absolute atomic E-state index is 0.0950. The van der Waals surface area contributed by atoms with Crippen molar-refractivity contribution >= 4 is 16.2 Å². The van der Waals surface area contributed by atoms with Crippen LogP contribution in [-0.2, 0) is 10.0 Å². The molecule has 0 aliphatic heterocycles. The molecule has 1 aromatic rings. The van der Waals surface area contributed by atoms with Gasteiger partial charge in [0, 0.05) is 20.8 Å². The third-order valence-corrected chi connectivity index (χ3v) is 3.88. The third kappa shape index (κ3) is 3.30. The highest BCUT2D eigenvalue weighted by Gasteiger charge is 2.21. The van der Waals surface area contributed by atoms with Crippen LogP contribution >= 0.6 is 0 Å². The summed E-state index contributed by atoms with van der Waals surface area (Å²) in [6.07, 6.45) is 1.30. The molecule has 0 aliphatic carbocycles. The van der Waals surface area contributed by atoms with Crippen molar-refractivity contribution in [1.29, 1.82) is 0 Å². The van der Waals surface area contributed by atoms with Crippen LogP contribution in [0, 0.1) is 5.21 Å². The zero-order valence-corrected chi connectivity index (χ0v) is 11.8. The summed E-state index contributed by atoms with van der Waals surface area (Å²) in [7, 11) is -2.23. The van der Waals surface area contributed by atoms with Crippen molar-refractivity contribution in [1.82, 2.24) is 4.72 Å². The average Bonchev–Trinajstić information content (AvgIpc) is 2.28. The molecule has 1 rings (SSSR count). The fraction of sp³-hybridized carbons (Fsp3) is 0.417. The van der Waals surface area contributed by atoms with Crippen molar-refractivity contribution in [2.24, 2.45) is 0 Å². The molecule has 0 saturated heterocycles. The molecule has 0 bridgehead atoms. The number of nitrogens with one attached hydrogen (secondary N) is 1. The zero-order chi connectivity index (χ0) is 14.0. The molecule has 0 amide bonds. The number of hydroxylamine groups is 1. The van der Waals surface area contributed by atoms with E-state index in [0.29, 0.717) is 5.56 Å². The van der Waals surface area contributed by atoms with Crippen LogP contribution in [-0.4, -0.2) is 32.0 Å². The minimum atomic E-state index is -3.57. The minimum Gasteiger partial charge on any atom is -0.623 e. The molecule has 1 aromatic carbocycles. The summed E-state index contributed by atoms with van der Waals surface area (Å²) in [5, 5.41) is 11.8. The molecular weight excluding hydrogens is 252 g/mol. The number of sulfonamides is 1. The molecule has 0 unspecified atom stereocenters. The molecule has 0 fully saturated rings. The maximum atomic E-state index is 11.8. The van der Waals surface area contributed by atoms with Crippen LogP contribution in [0.15, 0.2) is 29.2 Å². The second-order valence-corrected chi connectivity index (χ2v) is 6.73. The Balaban J connectivity index is 3.37. The highest BCUT2D eigenvalue weighted by Crippen LogP contribution is 2.14. The van der Waals surface area contributed by atoms with Crippen LogP contribution in [0.2, 0.25) is 0 Å². The van der Waals surface area contributed by atoms with Gasteiger partial charge in [0.1, 0.15) is 0 Å². The SMILES string of the molecule is CNS(=O)(=O)c1ccccc1C=[N+]([O-])C(C)(C)C. The molecule has 0 aromatic heterocycles. The smallest absolute Gasteiger partial charge is 0.241 e. The summed E-state index contributed by atoms with van der Waals surface area (Å²) >= 11 is 0. The molecule has 6 heteroatoms. The standard InChI is InChI=1S/C12H18N2O3S/c1-12(2,3)14(15)9-10-7-5-6-8-11(10)18(16,17)13-4/h5-9,13H,1-4H3. The molecule has 0 spiro atoms. The van der Waals surface area contributed by atoms with Crippen molar-refractivity contribution in [3.05, 3.63) is 35.0 Å². The molecule has 0 radical (unpaired) electrons. The molecule has 100 valence electrons. The highest BCUT2D eigenvalue weighted by molar-refractivity contribution is 7.89. The van der Waals surface area contributed by atoms with E-state index in [-0.39, 0.29) is 4.90 Å². The lowest BCUT2D eigenvalue weighted by molar-refractivity contribution is -0.530. The second-order valence-electron chi connectivity index (χ2n) is 4.87. The van der Waals surface area contributed by atoms with Crippen LogP contribution in [0.3, 0.4) is 0 Å². The van der Waals surface area contributed by atoms with Gasteiger partial charge in [-0.1, -0.05) is 12.1 Å². The van der Waals surface area contributed by atoms with Gasteiger partial charge in [0.05, 0.1) is 10.5 Å². The maximum absolute atomic E-state index is 11.8. The third-order valence-electron chi connectivity index (χ3n) is 2.39. The predicted molar refractivity (Wildman–Crippen MR) is 71.2 cm³/mol. The number of rotatable bonds is 3. The summed E-state index contributed by atoms with van der Waals surface area (Å²) in [5.41, 5.74) is -0.243. The Kier molecular flexibility index (Phi) is 4.13. The molecule has 5 nitrogen and oxygen atoms in total. The lowest BCUT2D eigenvalue weighted by Crippen LogP contribution is -2.30. The van der Waals surface area contributed by atoms with Gasteiger partial charge >= 0.3 is 0 Å². The van der Waals surface area contributed by atoms with Crippen LogP contribution in [0.4, 0.5) is 0 Å². The lowest BCUT2D eigenvalue weighted by Gasteiger charge is -2.19. The van der Waals surface area contributed by atoms with Gasteiger partial charge in [0.2, 0.25) is 10.0 Å². The quantitative estimate of drug-likeness (QED) is 0.390. The van der Waals surface area contributed by atoms with Gasteiger partial charge in [-0.2, -0.15) is 0 Å². The highest BCUT2D eigenvalue weighted by atomic mass is 32.2. The Morgan fingerprint density at radius 1 is 1.28 bits per heavy atom. The van der Waals surface area contributed by atoms with Gasteiger partial charge in [-0.3, -0.25) is 0 Å². The molecule has 0 aliphatic rings. The van der Waals surface area contributed by atoms with Gasteiger partial charge in [-0.25, -0.2) is 17.9 Å². The molecule has 1 N–H and O–H groups in total. The van der Waals surface area contributed by atoms with E-state index < -0.39 is 15.6 Å². The van der Waals surface area contributed by atoms with Crippen LogP contribution in [0.25, 0.3) is 0 Å². The summed E-state index contributed by atoms with van der Waals surface area (Å²) in [5.74, 6) is 0. The van der Waals surface area contributed by atoms with E-state index in [9.17, 15) is 13.6 Å². The van der Waals surface area contributed by atoms with Crippen molar-refractivity contribution in [3.8, 4) is 0 Å². The van der Waals surface area contributed by atoms with Gasteiger partial charge < -0.3 is 5.21 Å². The first-order valence-electron chi connectivity index (χ1n) is 5.52. The Bertz CT molecular complexity index is 557. The number of hydrogen-bond donors (Lipinski definition) is 1. The van der Waals surface area contributed by atoms with E-state index in [1.165, 1.54) is 19.3 Å². The molecule has 0 atom stereocenters. The van der Waals surface area contributed by atoms with E-state index in [1.54, 1.807) is 39.0 Å². The van der Waals surface area contributed by atoms with Crippen molar-refractivity contribution < 1.29 is 13.2 Å². The summed E-state index contributed by atoms with van der Waals surface area (Å²) in [6, 6.07) is 6.37. The van der Waals surface area contributed by atoms with E-state index in [2.05, 4.69) is 4.72 Å². The predicted octanol–water partition coefficient (Wildman–Crippen LogP) is 1.32. The van der Waals surface area contributed by atoms with Crippen LogP contribution in [0.5, 0.6) is 0 Å². The lowest BCUT2D eigenvalue weighted by atomic mass is 10.1. The van der Waals surface area contributed by atoms with Crippen molar-refractivity contribution in [2.45, 2.75) is 31.2 Å². The Labute approximate surface area is 108 Å². The first kappa shape index (κ1) is 14.7. The Morgan fingerprint density at radius 2 is 1.83 bits per heavy atom. The van der Waals surface area contributed by atoms with E-state index in [1.807, 2.05) is 0 Å². The summed E-state index contributed by atoms with van der Waals surface area (Å²) in [6.45, 7) is 5.27. The number of nitrogens with zero attached hydrogens (tertiary/aromatic N) is 1. The van der Waals surface area contributed by atoms with Crippen LogP contribution in [0.1, 0.15) is 26.3 Å². The number of benzene rings is 1. The largest absolute Gasteiger partial charge is 0.623 e. The van der Waals surface area contributed by atoms with Gasteiger partial charge in [-0.15, -0.1) is 0 Å². The fourth-order valence-electron chi connectivity index (χ4n) is 1.26. The summed E-state index contributed by atoms with van der Waals surface area (Å²) < 4.78 is 26.6. The van der Waals surface area contributed by atoms with E-state index in [0.717, 1.165) is 4.74 Å². The Morgan fingerprint density at radius 3 is 2.33 bits per heavy atom. The summed E-state index contributed by atoms with van der Waals surface area (Å²) in [4.78, 5) is 0.0950. The monoisotopic (exact) mass is 270 g/mol. The Hall–Kier alpha value is -1.40. The fourth-order valence-corrected chi connectivity index (χ4v) is 2.17. The van der Waals surface area contributed by atoms with E-state index in [4.69, 9.17) is 0 Å². The van der Waals surface area contributed by atoms with E-state index >= 15 is 0 Å². The first-order valence-corrected chi connectivity index (χ1v) is 7.01. The number of hydrogen-bond acceptors (Lipinski definition) is 3. The maximum Gasteiger partial charge on any atom is 0.241 e. The topological polar surface area (TPSA) is 72.2 Å². The van der Waals surface area contributed by atoms with Gasteiger partial charge in [-0.05, 0) is 19.2 Å². The zero-order valence-electron chi connectivity index (χ0n) is 11.0. The van der Waals surface area contributed by atoms with Gasteiger partial charge in [0.25, 0.3) is 0 Å². The van der Waals surface area contributed by atoms with Gasteiger partial charge in [0.15, 0.2) is 11.8 Å². The second kappa shape index (κ2) is 5.07. The molecule has 0 saturated carbocycles. The van der Waals surface area contributed by atoms with Crippen LogP contribution < -0.4 is 4.72 Å².